The van der Waals surface area contributed by atoms with Gasteiger partial charge in [-0.3, -0.25) is 4.79 Å². The van der Waals surface area contributed by atoms with Crippen LogP contribution >= 0.6 is 27.3 Å². The zero-order valence-electron chi connectivity index (χ0n) is 10.6. The van der Waals surface area contributed by atoms with Gasteiger partial charge in [-0.2, -0.15) is 0 Å². The highest BCUT2D eigenvalue weighted by atomic mass is 79.9. The molecule has 2 aromatic heterocycles. The molecule has 106 valence electrons. The Morgan fingerprint density at radius 1 is 1.33 bits per heavy atom. The van der Waals surface area contributed by atoms with Crippen LogP contribution in [0.25, 0.3) is 5.69 Å². The number of carbonyl (C=O) groups excluding carboxylic acids is 1. The van der Waals surface area contributed by atoms with Gasteiger partial charge in [0.15, 0.2) is 6.61 Å². The first-order chi connectivity index (χ1) is 10.2. The van der Waals surface area contributed by atoms with Crippen molar-refractivity contribution in [2.24, 2.45) is 0 Å². The lowest BCUT2D eigenvalue weighted by molar-refractivity contribution is 0.0925. The highest BCUT2D eigenvalue weighted by Gasteiger charge is 2.10. The van der Waals surface area contributed by atoms with E-state index < -0.39 is 0 Å². The van der Waals surface area contributed by atoms with Crippen LogP contribution < -0.4 is 4.74 Å². The second kappa shape index (κ2) is 6.15. The summed E-state index contributed by atoms with van der Waals surface area (Å²) in [4.78, 5) is 12.6. The summed E-state index contributed by atoms with van der Waals surface area (Å²) >= 11 is 4.72. The zero-order chi connectivity index (χ0) is 14.7. The summed E-state index contributed by atoms with van der Waals surface area (Å²) in [6.07, 6.45) is 1.49. The van der Waals surface area contributed by atoms with Crippen molar-refractivity contribution >= 4 is 33.0 Å². The summed E-state index contributed by atoms with van der Waals surface area (Å²) in [7, 11) is 0. The maximum atomic E-state index is 12.0. The molecular weight excluding hydrogens is 356 g/mol. The van der Waals surface area contributed by atoms with Crippen molar-refractivity contribution in [2.45, 2.75) is 0 Å². The van der Waals surface area contributed by atoms with Gasteiger partial charge in [0, 0.05) is 6.07 Å². The summed E-state index contributed by atoms with van der Waals surface area (Å²) in [5, 5.41) is 11.0. The molecule has 0 aliphatic carbocycles. The predicted molar refractivity (Wildman–Crippen MR) is 81.0 cm³/mol. The minimum atomic E-state index is -0.0569. The van der Waals surface area contributed by atoms with Gasteiger partial charge in [-0.1, -0.05) is 6.07 Å². The van der Waals surface area contributed by atoms with E-state index in [-0.39, 0.29) is 12.4 Å². The Balaban J connectivity index is 1.68. The minimum absolute atomic E-state index is 0.00792. The van der Waals surface area contributed by atoms with E-state index >= 15 is 0 Å². The van der Waals surface area contributed by atoms with Crippen molar-refractivity contribution in [3.05, 3.63) is 51.4 Å². The summed E-state index contributed by atoms with van der Waals surface area (Å²) in [6.45, 7) is -0.00792. The number of halogens is 1. The average molecular weight is 365 g/mol. The molecule has 3 rings (SSSR count). The fraction of sp³-hybridized carbons (Fsp3) is 0.0769. The summed E-state index contributed by atoms with van der Waals surface area (Å²) in [5.41, 5.74) is 0.767. The van der Waals surface area contributed by atoms with E-state index in [1.807, 2.05) is 18.2 Å². The lowest BCUT2D eigenvalue weighted by atomic mass is 10.3. The molecule has 8 heteroatoms. The molecule has 0 spiro atoms. The first-order valence-corrected chi connectivity index (χ1v) is 7.58. The molecule has 0 N–H and O–H groups in total. The molecule has 0 amide bonds. The number of carbonyl (C=O) groups is 1. The minimum Gasteiger partial charge on any atom is -0.485 e. The van der Waals surface area contributed by atoms with Gasteiger partial charge >= 0.3 is 0 Å². The number of nitrogens with zero attached hydrogens (tertiary/aromatic N) is 4. The molecule has 0 saturated carbocycles. The fourth-order valence-electron chi connectivity index (χ4n) is 1.68. The number of tetrazole rings is 1. The van der Waals surface area contributed by atoms with Crippen LogP contribution in [0.5, 0.6) is 5.75 Å². The number of benzene rings is 1. The van der Waals surface area contributed by atoms with Crippen molar-refractivity contribution in [2.75, 3.05) is 6.61 Å². The quantitative estimate of drug-likeness (QED) is 0.651. The van der Waals surface area contributed by atoms with Crippen LogP contribution in [-0.2, 0) is 0 Å². The molecule has 2 heterocycles. The number of thiophene rings is 1. The van der Waals surface area contributed by atoms with Gasteiger partial charge in [0.05, 0.1) is 14.4 Å². The normalized spacial score (nSPS) is 10.5. The van der Waals surface area contributed by atoms with E-state index in [0.29, 0.717) is 10.6 Å². The van der Waals surface area contributed by atoms with E-state index in [2.05, 4.69) is 31.5 Å². The molecule has 0 fully saturated rings. The second-order valence-electron chi connectivity index (χ2n) is 4.07. The van der Waals surface area contributed by atoms with Gasteiger partial charge in [-0.05, 0) is 50.6 Å². The molecule has 0 bridgehead atoms. The molecule has 0 radical (unpaired) electrons. The SMILES string of the molecule is O=C(COc1cccc(-n2cnnn2)c1)c1ccc(Br)s1. The molecule has 3 aromatic rings. The first kappa shape index (κ1) is 13.9. The van der Waals surface area contributed by atoms with E-state index in [4.69, 9.17) is 4.74 Å². The van der Waals surface area contributed by atoms with Gasteiger partial charge in [-0.25, -0.2) is 4.68 Å². The van der Waals surface area contributed by atoms with Crippen LogP contribution in [0.2, 0.25) is 0 Å². The van der Waals surface area contributed by atoms with Crippen LogP contribution in [0.3, 0.4) is 0 Å². The predicted octanol–water partition coefficient (Wildman–Crippen LogP) is 2.75. The van der Waals surface area contributed by atoms with Gasteiger partial charge < -0.3 is 4.74 Å². The smallest absolute Gasteiger partial charge is 0.210 e. The second-order valence-corrected chi connectivity index (χ2v) is 6.53. The third kappa shape index (κ3) is 3.34. The number of Topliss-reactive ketones (excluding diaryl/α,β-unsaturated/α-hetero) is 1. The van der Waals surface area contributed by atoms with Gasteiger partial charge in [0.25, 0.3) is 0 Å². The Morgan fingerprint density at radius 3 is 2.95 bits per heavy atom. The Labute approximate surface area is 132 Å². The standard InChI is InChI=1S/C13H9BrN4O2S/c14-13-5-4-12(21-13)11(19)7-20-10-3-1-2-9(6-10)18-8-15-16-17-18/h1-6,8H,7H2. The summed E-state index contributed by atoms with van der Waals surface area (Å²) in [6, 6.07) is 10.8. The lowest BCUT2D eigenvalue weighted by Gasteiger charge is -2.06. The molecule has 0 saturated heterocycles. The molecular formula is C13H9BrN4O2S. The van der Waals surface area contributed by atoms with Crippen LogP contribution in [-0.4, -0.2) is 32.6 Å². The third-order valence-electron chi connectivity index (χ3n) is 2.65. The van der Waals surface area contributed by atoms with Crippen molar-refractivity contribution in [3.63, 3.8) is 0 Å². The molecule has 0 aliphatic heterocycles. The number of rotatable bonds is 5. The largest absolute Gasteiger partial charge is 0.485 e. The van der Waals surface area contributed by atoms with E-state index in [0.717, 1.165) is 9.47 Å². The van der Waals surface area contributed by atoms with E-state index in [1.54, 1.807) is 18.2 Å². The van der Waals surface area contributed by atoms with Crippen molar-refractivity contribution in [3.8, 4) is 11.4 Å². The highest BCUT2D eigenvalue weighted by Crippen LogP contribution is 2.23. The van der Waals surface area contributed by atoms with Crippen LogP contribution in [0.4, 0.5) is 0 Å². The highest BCUT2D eigenvalue weighted by molar-refractivity contribution is 9.11. The number of ketones is 1. The van der Waals surface area contributed by atoms with Crippen LogP contribution in [0, 0.1) is 0 Å². The van der Waals surface area contributed by atoms with Crippen molar-refractivity contribution < 1.29 is 9.53 Å². The summed E-state index contributed by atoms with van der Waals surface area (Å²) < 4.78 is 7.97. The van der Waals surface area contributed by atoms with E-state index in [9.17, 15) is 4.79 Å². The van der Waals surface area contributed by atoms with Crippen molar-refractivity contribution in [1.29, 1.82) is 0 Å². The average Bonchev–Trinajstić information content (AvgIpc) is 3.16. The molecule has 0 aliphatic rings. The molecule has 0 unspecified atom stereocenters. The van der Waals surface area contributed by atoms with Gasteiger partial charge in [0.2, 0.25) is 5.78 Å². The Hall–Kier alpha value is -2.06. The number of ether oxygens (including phenoxy) is 1. The third-order valence-corrected chi connectivity index (χ3v) is 4.31. The molecule has 0 atom stereocenters. The van der Waals surface area contributed by atoms with Crippen molar-refractivity contribution in [1.82, 2.24) is 20.2 Å². The Kier molecular flexibility index (Phi) is 4.07. The topological polar surface area (TPSA) is 69.9 Å². The molecule has 6 nitrogen and oxygen atoms in total. The fourth-order valence-corrected chi connectivity index (χ4v) is 2.99. The number of hydrogen-bond acceptors (Lipinski definition) is 6. The van der Waals surface area contributed by atoms with Crippen LogP contribution in [0.1, 0.15) is 9.67 Å². The monoisotopic (exact) mass is 364 g/mol. The lowest BCUT2D eigenvalue weighted by Crippen LogP contribution is -2.10. The molecule has 1 aromatic carbocycles. The maximum Gasteiger partial charge on any atom is 0.210 e. The molecule has 21 heavy (non-hydrogen) atoms. The van der Waals surface area contributed by atoms with Gasteiger partial charge in [0.1, 0.15) is 12.1 Å². The first-order valence-electron chi connectivity index (χ1n) is 5.97. The Morgan fingerprint density at radius 2 is 2.24 bits per heavy atom. The van der Waals surface area contributed by atoms with Crippen LogP contribution in [0.15, 0.2) is 46.5 Å². The Bertz CT molecular complexity index is 757. The maximum absolute atomic E-state index is 12.0. The number of aromatic nitrogens is 4. The number of hydrogen-bond donors (Lipinski definition) is 0. The summed E-state index contributed by atoms with van der Waals surface area (Å²) in [5.74, 6) is 0.533. The van der Waals surface area contributed by atoms with Gasteiger partial charge in [-0.15, -0.1) is 16.4 Å². The van der Waals surface area contributed by atoms with E-state index in [1.165, 1.54) is 22.3 Å². The zero-order valence-corrected chi connectivity index (χ0v) is 13.0.